The number of aliphatic carboxylic acids is 1. The fourth-order valence-electron chi connectivity index (χ4n) is 1.44. The summed E-state index contributed by atoms with van der Waals surface area (Å²) < 4.78 is 13.0. The van der Waals surface area contributed by atoms with Gasteiger partial charge in [0.25, 0.3) is 0 Å². The van der Waals surface area contributed by atoms with Gasteiger partial charge in [-0.3, -0.25) is 0 Å². The second kappa shape index (κ2) is 6.69. The quantitative estimate of drug-likeness (QED) is 0.630. The van der Waals surface area contributed by atoms with Gasteiger partial charge < -0.3 is 20.8 Å². The number of nitrogens with one attached hydrogen (secondary N) is 2. The number of benzene rings is 1. The van der Waals surface area contributed by atoms with Crippen LogP contribution in [0.5, 0.6) is 0 Å². The number of rotatable bonds is 5. The Labute approximate surface area is 109 Å². The molecule has 0 aromatic heterocycles. The molecule has 0 fully saturated rings. The van der Waals surface area contributed by atoms with Gasteiger partial charge in [0.15, 0.2) is 6.04 Å². The summed E-state index contributed by atoms with van der Waals surface area (Å²) in [5, 5.41) is 22.0. The van der Waals surface area contributed by atoms with Crippen molar-refractivity contribution < 1.29 is 24.2 Å². The minimum Gasteiger partial charge on any atom is -0.480 e. The van der Waals surface area contributed by atoms with E-state index < -0.39 is 36.5 Å². The largest absolute Gasteiger partial charge is 0.480 e. The number of carbonyl (C=O) groups excluding carboxylic acids is 1. The second-order valence-corrected chi connectivity index (χ2v) is 3.97. The molecule has 0 aliphatic carbocycles. The Morgan fingerprint density at radius 1 is 1.37 bits per heavy atom. The smallest absolute Gasteiger partial charge is 0.328 e. The molecule has 4 N–H and O–H groups in total. The summed E-state index contributed by atoms with van der Waals surface area (Å²) in [5.74, 6) is -1.76. The van der Waals surface area contributed by atoms with E-state index in [9.17, 15) is 14.0 Å². The van der Waals surface area contributed by atoms with Crippen molar-refractivity contribution in [2.24, 2.45) is 0 Å². The van der Waals surface area contributed by atoms with E-state index in [2.05, 4.69) is 10.6 Å². The first-order valence-corrected chi connectivity index (χ1v) is 5.60. The lowest BCUT2D eigenvalue weighted by atomic mass is 10.1. The van der Waals surface area contributed by atoms with Crippen LogP contribution in [0.1, 0.15) is 18.5 Å². The third-order valence-electron chi connectivity index (χ3n) is 2.48. The van der Waals surface area contributed by atoms with E-state index in [1.165, 1.54) is 18.2 Å². The number of aliphatic hydroxyl groups excluding tert-OH is 1. The lowest BCUT2D eigenvalue weighted by Gasteiger charge is -2.17. The fraction of sp³-hybridized carbons (Fsp3) is 0.333. The molecule has 0 aliphatic rings. The van der Waals surface area contributed by atoms with Crippen molar-refractivity contribution >= 4 is 12.0 Å². The third-order valence-corrected chi connectivity index (χ3v) is 2.48. The number of hydrogen-bond donors (Lipinski definition) is 4. The number of carboxylic acid groups (broad SMARTS) is 1. The first-order chi connectivity index (χ1) is 8.93. The molecule has 0 spiro atoms. The molecule has 0 radical (unpaired) electrons. The molecule has 104 valence electrons. The van der Waals surface area contributed by atoms with Crippen molar-refractivity contribution in [3.8, 4) is 0 Å². The summed E-state index contributed by atoms with van der Waals surface area (Å²) in [6.07, 6.45) is 0. The van der Waals surface area contributed by atoms with Crippen LogP contribution in [0.2, 0.25) is 0 Å². The average Bonchev–Trinajstić information content (AvgIpc) is 2.35. The number of urea groups is 1. The predicted octanol–water partition coefficient (Wildman–Crippen LogP) is 0.631. The molecule has 0 aliphatic heterocycles. The molecular formula is C12H15FN2O4. The number of carbonyl (C=O) groups is 2. The molecule has 1 aromatic carbocycles. The number of halogens is 1. The van der Waals surface area contributed by atoms with Crippen molar-refractivity contribution in [1.29, 1.82) is 0 Å². The fourth-order valence-corrected chi connectivity index (χ4v) is 1.44. The van der Waals surface area contributed by atoms with Gasteiger partial charge in [0, 0.05) is 0 Å². The summed E-state index contributed by atoms with van der Waals surface area (Å²) in [7, 11) is 0. The van der Waals surface area contributed by atoms with E-state index in [1.807, 2.05) is 0 Å². The van der Waals surface area contributed by atoms with E-state index in [1.54, 1.807) is 13.0 Å². The van der Waals surface area contributed by atoms with Crippen LogP contribution in [0.3, 0.4) is 0 Å². The molecule has 0 saturated carbocycles. The van der Waals surface area contributed by atoms with Crippen LogP contribution in [-0.2, 0) is 4.79 Å². The minimum atomic E-state index is -1.38. The van der Waals surface area contributed by atoms with Crippen LogP contribution in [0, 0.1) is 5.82 Å². The van der Waals surface area contributed by atoms with Gasteiger partial charge in [0.1, 0.15) is 5.82 Å². The van der Waals surface area contributed by atoms with Gasteiger partial charge in [-0.25, -0.2) is 14.0 Å². The monoisotopic (exact) mass is 270 g/mol. The van der Waals surface area contributed by atoms with Crippen LogP contribution in [-0.4, -0.2) is 34.9 Å². The normalized spacial score (nSPS) is 13.4. The molecule has 1 unspecified atom stereocenters. The Kier molecular flexibility index (Phi) is 5.25. The van der Waals surface area contributed by atoms with E-state index in [0.29, 0.717) is 5.56 Å². The SMILES string of the molecule is CC(NC(=O)N[C@@H](CO)C(=O)O)c1cccc(F)c1. The Bertz CT molecular complexity index is 467. The van der Waals surface area contributed by atoms with Gasteiger partial charge in [-0.2, -0.15) is 0 Å². The molecule has 2 amide bonds. The van der Waals surface area contributed by atoms with E-state index in [4.69, 9.17) is 10.2 Å². The molecule has 0 saturated heterocycles. The lowest BCUT2D eigenvalue weighted by molar-refractivity contribution is -0.140. The zero-order valence-corrected chi connectivity index (χ0v) is 10.3. The van der Waals surface area contributed by atoms with Crippen LogP contribution < -0.4 is 10.6 Å². The van der Waals surface area contributed by atoms with Crippen molar-refractivity contribution in [3.05, 3.63) is 35.6 Å². The minimum absolute atomic E-state index is 0.426. The van der Waals surface area contributed by atoms with Crippen molar-refractivity contribution in [3.63, 3.8) is 0 Å². The maximum Gasteiger partial charge on any atom is 0.328 e. The van der Waals surface area contributed by atoms with Gasteiger partial charge in [0.2, 0.25) is 0 Å². The van der Waals surface area contributed by atoms with E-state index in [-0.39, 0.29) is 0 Å². The topological polar surface area (TPSA) is 98.7 Å². The Balaban J connectivity index is 2.59. The summed E-state index contributed by atoms with van der Waals surface area (Å²) >= 11 is 0. The second-order valence-electron chi connectivity index (χ2n) is 3.97. The van der Waals surface area contributed by atoms with Crippen molar-refractivity contribution in [2.45, 2.75) is 19.0 Å². The highest BCUT2D eigenvalue weighted by atomic mass is 19.1. The van der Waals surface area contributed by atoms with Gasteiger partial charge in [-0.15, -0.1) is 0 Å². The molecular weight excluding hydrogens is 255 g/mol. The Morgan fingerprint density at radius 2 is 2.05 bits per heavy atom. The summed E-state index contributed by atoms with van der Waals surface area (Å²) in [5.41, 5.74) is 0.547. The summed E-state index contributed by atoms with van der Waals surface area (Å²) in [6, 6.07) is 3.07. The average molecular weight is 270 g/mol. The standard InChI is InChI=1S/C12H15FN2O4/c1-7(8-3-2-4-9(13)5-8)14-12(19)15-10(6-16)11(17)18/h2-5,7,10,16H,6H2,1H3,(H,17,18)(H2,14,15,19)/t7?,10-/m0/s1. The van der Waals surface area contributed by atoms with Crippen molar-refractivity contribution in [1.82, 2.24) is 10.6 Å². The zero-order chi connectivity index (χ0) is 14.4. The molecule has 7 heteroatoms. The summed E-state index contributed by atoms with van der Waals surface area (Å²) in [6.45, 7) is 0.917. The highest BCUT2D eigenvalue weighted by Crippen LogP contribution is 2.13. The Morgan fingerprint density at radius 3 is 2.58 bits per heavy atom. The lowest BCUT2D eigenvalue weighted by Crippen LogP contribution is -2.48. The first kappa shape index (κ1) is 14.9. The van der Waals surface area contributed by atoms with Gasteiger partial charge in [-0.1, -0.05) is 12.1 Å². The molecule has 0 heterocycles. The van der Waals surface area contributed by atoms with E-state index in [0.717, 1.165) is 0 Å². The third kappa shape index (κ3) is 4.55. The molecule has 1 rings (SSSR count). The highest BCUT2D eigenvalue weighted by Gasteiger charge is 2.19. The van der Waals surface area contributed by atoms with Crippen LogP contribution >= 0.6 is 0 Å². The number of amides is 2. The summed E-state index contributed by atoms with van der Waals surface area (Å²) in [4.78, 5) is 22.1. The Hall–Kier alpha value is -2.15. The molecule has 19 heavy (non-hydrogen) atoms. The molecule has 1 aromatic rings. The molecule has 2 atom stereocenters. The van der Waals surface area contributed by atoms with Gasteiger partial charge in [0.05, 0.1) is 12.6 Å². The van der Waals surface area contributed by atoms with Crippen LogP contribution in [0.15, 0.2) is 24.3 Å². The van der Waals surface area contributed by atoms with Crippen molar-refractivity contribution in [2.75, 3.05) is 6.61 Å². The molecule has 0 bridgehead atoms. The number of aliphatic hydroxyl groups is 1. The predicted molar refractivity (Wildman–Crippen MR) is 65.0 cm³/mol. The maximum absolute atomic E-state index is 13.0. The number of carboxylic acids is 1. The van der Waals surface area contributed by atoms with Crippen LogP contribution in [0.4, 0.5) is 9.18 Å². The first-order valence-electron chi connectivity index (χ1n) is 5.60. The highest BCUT2D eigenvalue weighted by molar-refractivity contribution is 5.82. The maximum atomic E-state index is 13.0. The van der Waals surface area contributed by atoms with E-state index >= 15 is 0 Å². The molecule has 6 nitrogen and oxygen atoms in total. The number of hydrogen-bond acceptors (Lipinski definition) is 3. The van der Waals surface area contributed by atoms with Gasteiger partial charge >= 0.3 is 12.0 Å². The van der Waals surface area contributed by atoms with Crippen LogP contribution in [0.25, 0.3) is 0 Å². The van der Waals surface area contributed by atoms with Gasteiger partial charge in [-0.05, 0) is 24.6 Å². The zero-order valence-electron chi connectivity index (χ0n) is 10.3.